The summed E-state index contributed by atoms with van der Waals surface area (Å²) in [7, 11) is 0. The van der Waals surface area contributed by atoms with Gasteiger partial charge >= 0.3 is 0 Å². The molecular formula is C16H17N5O2. The standard InChI is InChI=1S/C16H17N5O2/c1-10-2-3-14-13(6-10)20-16(23-14)21-5-4-11(9-21)15(22)19-12-7-17-18-8-12/h2-3,6-8,11H,4-5,9H2,1H3,(H,17,18)(H,19,22). The highest BCUT2D eigenvalue weighted by molar-refractivity contribution is 5.93. The van der Waals surface area contributed by atoms with Crippen LogP contribution >= 0.6 is 0 Å². The maximum Gasteiger partial charge on any atom is 0.298 e. The number of fused-ring (bicyclic) bond motifs is 1. The highest BCUT2D eigenvalue weighted by Gasteiger charge is 2.31. The molecule has 7 nitrogen and oxygen atoms in total. The van der Waals surface area contributed by atoms with Gasteiger partial charge in [-0.05, 0) is 31.0 Å². The molecule has 23 heavy (non-hydrogen) atoms. The van der Waals surface area contributed by atoms with E-state index in [1.807, 2.05) is 30.0 Å². The van der Waals surface area contributed by atoms with Crippen molar-refractivity contribution in [2.45, 2.75) is 13.3 Å². The van der Waals surface area contributed by atoms with Crippen molar-refractivity contribution in [3.05, 3.63) is 36.2 Å². The van der Waals surface area contributed by atoms with Gasteiger partial charge in [0.2, 0.25) is 5.91 Å². The van der Waals surface area contributed by atoms with Crippen molar-refractivity contribution in [3.8, 4) is 0 Å². The SMILES string of the molecule is Cc1ccc2oc(N3CCC(C(=O)Nc4cn[nH]c4)C3)nc2c1. The maximum atomic E-state index is 12.3. The van der Waals surface area contributed by atoms with Crippen LogP contribution < -0.4 is 10.2 Å². The third-order valence-electron chi connectivity index (χ3n) is 4.13. The molecule has 1 fully saturated rings. The molecule has 0 spiro atoms. The molecule has 2 aromatic heterocycles. The largest absolute Gasteiger partial charge is 0.423 e. The summed E-state index contributed by atoms with van der Waals surface area (Å²) < 4.78 is 5.81. The van der Waals surface area contributed by atoms with E-state index < -0.39 is 0 Å². The van der Waals surface area contributed by atoms with Gasteiger partial charge in [-0.25, -0.2) is 0 Å². The predicted octanol–water partition coefficient (Wildman–Crippen LogP) is 2.32. The van der Waals surface area contributed by atoms with Crippen molar-refractivity contribution in [2.75, 3.05) is 23.3 Å². The van der Waals surface area contributed by atoms with Crippen LogP contribution in [0.15, 0.2) is 35.0 Å². The van der Waals surface area contributed by atoms with E-state index in [-0.39, 0.29) is 11.8 Å². The second-order valence-electron chi connectivity index (χ2n) is 5.88. The zero-order valence-electron chi connectivity index (χ0n) is 12.7. The number of carbonyl (C=O) groups excluding carboxylic acids is 1. The van der Waals surface area contributed by atoms with E-state index in [1.54, 1.807) is 12.4 Å². The quantitative estimate of drug-likeness (QED) is 0.775. The first-order valence-corrected chi connectivity index (χ1v) is 7.61. The second-order valence-corrected chi connectivity index (χ2v) is 5.88. The molecule has 0 radical (unpaired) electrons. The molecule has 1 aromatic carbocycles. The molecule has 1 atom stereocenters. The molecule has 7 heteroatoms. The molecule has 1 aliphatic heterocycles. The van der Waals surface area contributed by atoms with Crippen molar-refractivity contribution in [1.29, 1.82) is 0 Å². The maximum absolute atomic E-state index is 12.3. The minimum Gasteiger partial charge on any atom is -0.423 e. The van der Waals surface area contributed by atoms with Gasteiger partial charge in [-0.15, -0.1) is 0 Å². The fourth-order valence-electron chi connectivity index (χ4n) is 2.87. The first kappa shape index (κ1) is 13.8. The number of oxazole rings is 1. The molecule has 4 rings (SSSR count). The van der Waals surface area contributed by atoms with Gasteiger partial charge in [0, 0.05) is 19.3 Å². The van der Waals surface area contributed by atoms with E-state index >= 15 is 0 Å². The average Bonchev–Trinajstić information content (AvgIpc) is 3.26. The molecule has 1 aliphatic rings. The number of aromatic nitrogens is 3. The minimum absolute atomic E-state index is 0.000792. The predicted molar refractivity (Wildman–Crippen MR) is 86.3 cm³/mol. The number of H-pyrrole nitrogens is 1. The van der Waals surface area contributed by atoms with Crippen LogP contribution in [-0.2, 0) is 4.79 Å². The van der Waals surface area contributed by atoms with Gasteiger partial charge in [0.1, 0.15) is 5.52 Å². The van der Waals surface area contributed by atoms with Crippen molar-refractivity contribution in [3.63, 3.8) is 0 Å². The third kappa shape index (κ3) is 2.65. The van der Waals surface area contributed by atoms with Crippen LogP contribution in [0.5, 0.6) is 0 Å². The highest BCUT2D eigenvalue weighted by atomic mass is 16.4. The Morgan fingerprint density at radius 3 is 3.22 bits per heavy atom. The third-order valence-corrected chi connectivity index (χ3v) is 4.13. The van der Waals surface area contributed by atoms with E-state index in [0.717, 1.165) is 29.6 Å². The van der Waals surface area contributed by atoms with E-state index in [9.17, 15) is 4.79 Å². The Bertz CT molecular complexity index is 839. The number of rotatable bonds is 3. The lowest BCUT2D eigenvalue weighted by molar-refractivity contribution is -0.119. The van der Waals surface area contributed by atoms with E-state index in [2.05, 4.69) is 20.5 Å². The van der Waals surface area contributed by atoms with Crippen LogP contribution in [0.2, 0.25) is 0 Å². The Balaban J connectivity index is 1.47. The molecular weight excluding hydrogens is 294 g/mol. The van der Waals surface area contributed by atoms with Crippen molar-refractivity contribution >= 4 is 28.7 Å². The Morgan fingerprint density at radius 2 is 2.39 bits per heavy atom. The van der Waals surface area contributed by atoms with Gasteiger partial charge in [0.05, 0.1) is 17.8 Å². The number of nitrogens with one attached hydrogen (secondary N) is 2. The average molecular weight is 311 g/mol. The number of aryl methyl sites for hydroxylation is 1. The number of amides is 1. The number of benzene rings is 1. The lowest BCUT2D eigenvalue weighted by Gasteiger charge is -2.13. The molecule has 0 aliphatic carbocycles. The van der Waals surface area contributed by atoms with Gasteiger partial charge in [-0.2, -0.15) is 10.1 Å². The van der Waals surface area contributed by atoms with Crippen LogP contribution in [0.3, 0.4) is 0 Å². The van der Waals surface area contributed by atoms with E-state index in [1.165, 1.54) is 0 Å². The monoisotopic (exact) mass is 311 g/mol. The highest BCUT2D eigenvalue weighted by Crippen LogP contribution is 2.28. The van der Waals surface area contributed by atoms with E-state index in [0.29, 0.717) is 18.2 Å². The van der Waals surface area contributed by atoms with Gasteiger partial charge < -0.3 is 14.6 Å². The number of nitrogens with zero attached hydrogens (tertiary/aromatic N) is 3. The number of carbonyl (C=O) groups is 1. The number of aromatic amines is 1. The van der Waals surface area contributed by atoms with Crippen LogP contribution in [0.25, 0.3) is 11.1 Å². The summed E-state index contributed by atoms with van der Waals surface area (Å²) in [6.45, 7) is 3.39. The molecule has 1 unspecified atom stereocenters. The van der Waals surface area contributed by atoms with Gasteiger partial charge in [-0.1, -0.05) is 6.07 Å². The number of hydrogen-bond acceptors (Lipinski definition) is 5. The Hall–Kier alpha value is -2.83. The summed E-state index contributed by atoms with van der Waals surface area (Å²) in [5.74, 6) is -0.0810. The number of hydrogen-bond donors (Lipinski definition) is 2. The zero-order chi connectivity index (χ0) is 15.8. The van der Waals surface area contributed by atoms with Crippen molar-refractivity contribution in [2.24, 2.45) is 5.92 Å². The first-order valence-electron chi connectivity index (χ1n) is 7.61. The van der Waals surface area contributed by atoms with Crippen LogP contribution in [0.1, 0.15) is 12.0 Å². The lowest BCUT2D eigenvalue weighted by Crippen LogP contribution is -2.27. The summed E-state index contributed by atoms with van der Waals surface area (Å²) >= 11 is 0. The fraction of sp³-hybridized carbons (Fsp3) is 0.312. The van der Waals surface area contributed by atoms with Crippen LogP contribution in [0, 0.1) is 12.8 Å². The second kappa shape index (κ2) is 5.42. The lowest BCUT2D eigenvalue weighted by atomic mass is 10.1. The Labute approximate surface area is 132 Å². The fourth-order valence-corrected chi connectivity index (χ4v) is 2.87. The Kier molecular flexibility index (Phi) is 3.25. The normalized spacial score (nSPS) is 17.8. The first-order chi connectivity index (χ1) is 11.2. The summed E-state index contributed by atoms with van der Waals surface area (Å²) in [4.78, 5) is 18.8. The summed E-state index contributed by atoms with van der Waals surface area (Å²) in [5, 5.41) is 9.36. The van der Waals surface area contributed by atoms with Gasteiger partial charge in [-0.3, -0.25) is 9.89 Å². The minimum atomic E-state index is -0.0818. The van der Waals surface area contributed by atoms with Crippen LogP contribution in [-0.4, -0.2) is 34.2 Å². The van der Waals surface area contributed by atoms with E-state index in [4.69, 9.17) is 4.42 Å². The summed E-state index contributed by atoms with van der Waals surface area (Å²) in [6.07, 6.45) is 4.03. The molecule has 0 saturated carbocycles. The van der Waals surface area contributed by atoms with Crippen molar-refractivity contribution < 1.29 is 9.21 Å². The topological polar surface area (TPSA) is 87.0 Å². The summed E-state index contributed by atoms with van der Waals surface area (Å²) in [6, 6.07) is 6.52. The number of anilines is 2. The van der Waals surface area contributed by atoms with Gasteiger partial charge in [0.25, 0.3) is 6.01 Å². The zero-order valence-corrected chi connectivity index (χ0v) is 12.7. The molecule has 2 N–H and O–H groups in total. The molecule has 3 heterocycles. The van der Waals surface area contributed by atoms with Gasteiger partial charge in [0.15, 0.2) is 5.58 Å². The molecule has 1 amide bonds. The molecule has 1 saturated heterocycles. The molecule has 3 aromatic rings. The molecule has 0 bridgehead atoms. The summed E-state index contributed by atoms with van der Waals surface area (Å²) in [5.41, 5.74) is 3.46. The van der Waals surface area contributed by atoms with Crippen LogP contribution in [0.4, 0.5) is 11.7 Å². The molecule has 118 valence electrons. The Morgan fingerprint density at radius 1 is 1.48 bits per heavy atom. The smallest absolute Gasteiger partial charge is 0.298 e. The van der Waals surface area contributed by atoms with Crippen molar-refractivity contribution in [1.82, 2.24) is 15.2 Å².